The van der Waals surface area contributed by atoms with E-state index in [-0.39, 0.29) is 12.1 Å². The van der Waals surface area contributed by atoms with Crippen LogP contribution in [0.15, 0.2) is 0 Å². The summed E-state index contributed by atoms with van der Waals surface area (Å²) in [5.74, 6) is -1.09. The van der Waals surface area contributed by atoms with Crippen molar-refractivity contribution in [3.63, 3.8) is 0 Å². The highest BCUT2D eigenvalue weighted by Gasteiger charge is 2.30. The molecule has 1 rings (SSSR count). The molecule has 0 bridgehead atoms. The molecular weight excluding hydrogens is 225 g/mol. The van der Waals surface area contributed by atoms with E-state index in [4.69, 9.17) is 5.11 Å². The summed E-state index contributed by atoms with van der Waals surface area (Å²) in [6.07, 6.45) is -4.67. The summed E-state index contributed by atoms with van der Waals surface area (Å²) in [6, 6.07) is 0. The number of rotatable bonds is 3. The molecule has 0 unspecified atom stereocenters. The molecule has 0 atom stereocenters. The minimum Gasteiger partial charge on any atom is -0.481 e. The number of nitrogens with zero attached hydrogens (tertiary/aromatic N) is 2. The van der Waals surface area contributed by atoms with Gasteiger partial charge in [0.1, 0.15) is 6.54 Å². The van der Waals surface area contributed by atoms with Crippen molar-refractivity contribution >= 4 is 5.97 Å². The van der Waals surface area contributed by atoms with Crippen molar-refractivity contribution in [2.45, 2.75) is 33.0 Å². The second-order valence-electron chi connectivity index (χ2n) is 3.49. The van der Waals surface area contributed by atoms with Gasteiger partial charge < -0.3 is 5.11 Å². The van der Waals surface area contributed by atoms with Crippen molar-refractivity contribution in [1.29, 1.82) is 0 Å². The highest BCUT2D eigenvalue weighted by Crippen LogP contribution is 2.21. The fourth-order valence-corrected chi connectivity index (χ4v) is 1.46. The summed E-state index contributed by atoms with van der Waals surface area (Å²) in [6.45, 7) is 1.74. The Morgan fingerprint density at radius 3 is 2.44 bits per heavy atom. The summed E-state index contributed by atoms with van der Waals surface area (Å²) in [5, 5.41) is 12.3. The Hall–Kier alpha value is -1.53. The maximum atomic E-state index is 12.1. The number of carboxylic acid groups (broad SMARTS) is 1. The first-order valence-electron chi connectivity index (χ1n) is 4.52. The maximum Gasteiger partial charge on any atom is 0.408 e. The molecule has 7 heteroatoms. The van der Waals surface area contributed by atoms with Gasteiger partial charge in [-0.1, -0.05) is 0 Å². The lowest BCUT2D eigenvalue weighted by molar-refractivity contribution is -0.143. The predicted octanol–water partition coefficient (Wildman–Crippen LogP) is 1.69. The van der Waals surface area contributed by atoms with E-state index < -0.39 is 18.7 Å². The Labute approximate surface area is 89.7 Å². The summed E-state index contributed by atoms with van der Waals surface area (Å²) < 4.78 is 37.2. The fourth-order valence-electron chi connectivity index (χ4n) is 1.46. The Morgan fingerprint density at radius 2 is 2.00 bits per heavy atom. The van der Waals surface area contributed by atoms with Gasteiger partial charge in [0.25, 0.3) is 0 Å². The van der Waals surface area contributed by atoms with Gasteiger partial charge in [-0.2, -0.15) is 18.3 Å². The van der Waals surface area contributed by atoms with E-state index in [1.54, 1.807) is 0 Å². The number of hydrogen-bond acceptors (Lipinski definition) is 2. The summed E-state index contributed by atoms with van der Waals surface area (Å²) in [4.78, 5) is 10.5. The third-order valence-corrected chi connectivity index (χ3v) is 2.19. The molecule has 0 amide bonds. The lowest BCUT2D eigenvalue weighted by Gasteiger charge is -2.08. The molecular formula is C9H11F3N2O2. The number of aliphatic carboxylic acids is 1. The minimum absolute atomic E-state index is 0.247. The van der Waals surface area contributed by atoms with Crippen molar-refractivity contribution < 1.29 is 23.1 Å². The van der Waals surface area contributed by atoms with Crippen LogP contribution in [0.4, 0.5) is 13.2 Å². The maximum absolute atomic E-state index is 12.1. The van der Waals surface area contributed by atoms with Crippen molar-refractivity contribution in [3.05, 3.63) is 17.0 Å². The molecule has 0 saturated carbocycles. The predicted molar refractivity (Wildman–Crippen MR) is 49.1 cm³/mol. The van der Waals surface area contributed by atoms with E-state index in [2.05, 4.69) is 5.10 Å². The second kappa shape index (κ2) is 4.15. The van der Waals surface area contributed by atoms with Crippen LogP contribution in [0.2, 0.25) is 0 Å². The van der Waals surface area contributed by atoms with Gasteiger partial charge in [0.15, 0.2) is 0 Å². The first-order chi connectivity index (χ1) is 7.20. The first kappa shape index (κ1) is 12.5. The van der Waals surface area contributed by atoms with Gasteiger partial charge in [-0.3, -0.25) is 9.48 Å². The number of aromatic nitrogens is 2. The highest BCUT2D eigenvalue weighted by atomic mass is 19.4. The SMILES string of the molecule is Cc1nn(CC(F)(F)F)c(C)c1CC(=O)O. The van der Waals surface area contributed by atoms with Crippen molar-refractivity contribution in [1.82, 2.24) is 9.78 Å². The van der Waals surface area contributed by atoms with E-state index in [9.17, 15) is 18.0 Å². The van der Waals surface area contributed by atoms with Gasteiger partial charge in [-0.05, 0) is 13.8 Å². The smallest absolute Gasteiger partial charge is 0.408 e. The average Bonchev–Trinajstić information content (AvgIpc) is 2.29. The van der Waals surface area contributed by atoms with Crippen LogP contribution in [-0.2, 0) is 17.8 Å². The van der Waals surface area contributed by atoms with Gasteiger partial charge in [0.2, 0.25) is 0 Å². The first-order valence-corrected chi connectivity index (χ1v) is 4.52. The van der Waals surface area contributed by atoms with Crippen LogP contribution in [0.25, 0.3) is 0 Å². The van der Waals surface area contributed by atoms with E-state index >= 15 is 0 Å². The number of halogens is 3. The Kier molecular flexibility index (Phi) is 3.25. The third kappa shape index (κ3) is 2.98. The zero-order valence-electron chi connectivity index (χ0n) is 8.80. The lowest BCUT2D eigenvalue weighted by Crippen LogP contribution is -2.19. The monoisotopic (exact) mass is 236 g/mol. The van der Waals surface area contributed by atoms with Gasteiger partial charge in [-0.25, -0.2) is 0 Å². The quantitative estimate of drug-likeness (QED) is 0.868. The van der Waals surface area contributed by atoms with Crippen molar-refractivity contribution in [3.8, 4) is 0 Å². The minimum atomic E-state index is -4.36. The van der Waals surface area contributed by atoms with Crippen molar-refractivity contribution in [2.24, 2.45) is 0 Å². The van der Waals surface area contributed by atoms with Crippen LogP contribution < -0.4 is 0 Å². The van der Waals surface area contributed by atoms with E-state index in [1.807, 2.05) is 0 Å². The Bertz CT molecular complexity index is 410. The number of carbonyl (C=O) groups is 1. The van der Waals surface area contributed by atoms with Crippen LogP contribution in [0.3, 0.4) is 0 Å². The van der Waals surface area contributed by atoms with Crippen LogP contribution in [0.5, 0.6) is 0 Å². The molecule has 4 nitrogen and oxygen atoms in total. The Balaban J connectivity index is 3.02. The average molecular weight is 236 g/mol. The standard InChI is InChI=1S/C9H11F3N2O2/c1-5-7(3-8(15)16)6(2)14(13-5)4-9(10,11)12/h3-4H2,1-2H3,(H,15,16). The molecule has 90 valence electrons. The molecule has 0 aliphatic rings. The third-order valence-electron chi connectivity index (χ3n) is 2.19. The number of aryl methyl sites for hydroxylation is 1. The topological polar surface area (TPSA) is 55.1 Å². The molecule has 0 fully saturated rings. The normalized spacial score (nSPS) is 11.8. The van der Waals surface area contributed by atoms with Gasteiger partial charge in [0, 0.05) is 11.3 Å². The molecule has 0 radical (unpaired) electrons. The zero-order chi connectivity index (χ0) is 12.5. The van der Waals surface area contributed by atoms with Crippen LogP contribution >= 0.6 is 0 Å². The fraction of sp³-hybridized carbons (Fsp3) is 0.556. The lowest BCUT2D eigenvalue weighted by atomic mass is 10.1. The van der Waals surface area contributed by atoms with Crippen LogP contribution in [0.1, 0.15) is 17.0 Å². The molecule has 0 aliphatic heterocycles. The van der Waals surface area contributed by atoms with Gasteiger partial charge in [0.05, 0.1) is 12.1 Å². The summed E-state index contributed by atoms with van der Waals surface area (Å²) >= 11 is 0. The number of hydrogen-bond donors (Lipinski definition) is 1. The van der Waals surface area contributed by atoms with E-state index in [1.165, 1.54) is 13.8 Å². The molecule has 1 N–H and O–H groups in total. The van der Waals surface area contributed by atoms with E-state index in [0.717, 1.165) is 4.68 Å². The molecule has 1 aromatic rings. The van der Waals surface area contributed by atoms with Crippen LogP contribution in [-0.4, -0.2) is 27.0 Å². The summed E-state index contributed by atoms with van der Waals surface area (Å²) in [5.41, 5.74) is 0.915. The molecule has 1 aromatic heterocycles. The molecule has 0 aromatic carbocycles. The molecule has 16 heavy (non-hydrogen) atoms. The van der Waals surface area contributed by atoms with Gasteiger partial charge >= 0.3 is 12.1 Å². The zero-order valence-corrected chi connectivity index (χ0v) is 8.80. The largest absolute Gasteiger partial charge is 0.481 e. The van der Waals surface area contributed by atoms with Crippen molar-refractivity contribution in [2.75, 3.05) is 0 Å². The molecule has 0 saturated heterocycles. The highest BCUT2D eigenvalue weighted by molar-refractivity contribution is 5.70. The Morgan fingerprint density at radius 1 is 1.44 bits per heavy atom. The molecule has 1 heterocycles. The molecule has 0 spiro atoms. The molecule has 0 aliphatic carbocycles. The number of alkyl halides is 3. The van der Waals surface area contributed by atoms with Crippen LogP contribution in [0, 0.1) is 13.8 Å². The van der Waals surface area contributed by atoms with E-state index in [0.29, 0.717) is 11.3 Å². The second-order valence-corrected chi connectivity index (χ2v) is 3.49. The summed E-state index contributed by atoms with van der Waals surface area (Å²) in [7, 11) is 0. The number of carboxylic acids is 1. The van der Waals surface area contributed by atoms with Gasteiger partial charge in [-0.15, -0.1) is 0 Å².